The lowest BCUT2D eigenvalue weighted by molar-refractivity contribution is -0.335. The first kappa shape index (κ1) is 96.2. The molecule has 0 aromatic heterocycles. The number of aliphatic hydroxyl groups excluding tert-OH is 5. The molecular weight excluding hydrogens is 1670 g/mol. The molecule has 14 rings (SSSR count). The fourth-order valence-corrected chi connectivity index (χ4v) is 20.6. The number of hydrogen-bond donors (Lipinski definition) is 8. The third-order valence-corrected chi connectivity index (χ3v) is 27.5. The number of carboxylic acids is 1. The average Bonchev–Trinajstić information content (AvgIpc) is 0.681. The van der Waals surface area contributed by atoms with Crippen molar-refractivity contribution in [1.82, 2.24) is 10.6 Å². The molecule has 8 aliphatic rings. The van der Waals surface area contributed by atoms with Crippen LogP contribution in [0.15, 0.2) is 204 Å². The minimum absolute atomic E-state index is 0.0397. The highest BCUT2D eigenvalue weighted by Crippen LogP contribution is 2.66. The van der Waals surface area contributed by atoms with E-state index >= 15 is 4.79 Å². The number of amides is 2. The predicted molar refractivity (Wildman–Crippen MR) is 458 cm³/mol. The number of nitrogens with one attached hydrogen (secondary N) is 2. The number of aliphatic carboxylic acids is 1. The Morgan fingerprint density at radius 1 is 0.465 bits per heavy atom. The largest absolute Gasteiger partial charge is 0.480 e. The normalized spacial score (nSPS) is 29.7. The van der Waals surface area contributed by atoms with Crippen LogP contribution in [-0.4, -0.2) is 213 Å². The van der Waals surface area contributed by atoms with Gasteiger partial charge in [0.15, 0.2) is 28.9 Å². The number of alkyl carbamates (subject to hydrolysis) is 2. The Morgan fingerprint density at radius 3 is 1.17 bits per heavy atom. The van der Waals surface area contributed by atoms with Crippen LogP contribution in [0.4, 0.5) is 9.59 Å². The van der Waals surface area contributed by atoms with Gasteiger partial charge in [-0.25, -0.2) is 28.8 Å². The fraction of sp³-hybridized carbons (Fsp3) is 0.469. The molecule has 31 heteroatoms. The summed E-state index contributed by atoms with van der Waals surface area (Å²) in [4.78, 5) is 159. The van der Waals surface area contributed by atoms with Gasteiger partial charge in [-0.1, -0.05) is 199 Å². The fourth-order valence-electron chi connectivity index (χ4n) is 20.6. The minimum atomic E-state index is -1.84. The molecule has 0 spiro atoms. The smallest absolute Gasteiger partial charge is 0.407 e. The third-order valence-electron chi connectivity index (χ3n) is 27.5. The molecule has 129 heavy (non-hydrogen) atoms. The molecule has 8 N–H and O–H groups in total. The van der Waals surface area contributed by atoms with E-state index in [1.807, 2.05) is 56.3 Å². The van der Waals surface area contributed by atoms with Crippen LogP contribution in [0.2, 0.25) is 0 Å². The maximum absolute atomic E-state index is 15.1. The molecule has 2 saturated heterocycles. The van der Waals surface area contributed by atoms with Crippen molar-refractivity contribution in [2.75, 3.05) is 26.3 Å². The van der Waals surface area contributed by atoms with E-state index in [1.165, 1.54) is 27.7 Å². The molecule has 6 aromatic carbocycles. The molecule has 22 atom stereocenters. The summed E-state index contributed by atoms with van der Waals surface area (Å²) >= 11 is 0. The van der Waals surface area contributed by atoms with Crippen LogP contribution in [0.3, 0.4) is 0 Å². The van der Waals surface area contributed by atoms with Crippen LogP contribution in [0, 0.1) is 45.3 Å². The lowest BCUT2D eigenvalue weighted by Gasteiger charge is -2.65. The number of ether oxygens (including phenoxy) is 11. The van der Waals surface area contributed by atoms with E-state index in [2.05, 4.69) is 10.6 Å². The summed E-state index contributed by atoms with van der Waals surface area (Å²) < 4.78 is 64.9. The number of esters is 7. The number of ketones is 2. The van der Waals surface area contributed by atoms with Gasteiger partial charge >= 0.3 is 59.9 Å². The number of benzene rings is 6. The Morgan fingerprint density at radius 2 is 0.814 bits per heavy atom. The highest BCUT2D eigenvalue weighted by molar-refractivity contribution is 5.96. The van der Waals surface area contributed by atoms with E-state index in [9.17, 15) is 78.3 Å². The van der Waals surface area contributed by atoms with Gasteiger partial charge in [-0.05, 0) is 120 Å². The second kappa shape index (κ2) is 39.6. The maximum Gasteiger partial charge on any atom is 0.407 e. The number of carbonyl (C=O) groups is 12. The van der Waals surface area contributed by atoms with Crippen LogP contribution < -0.4 is 10.6 Å². The number of aliphatic hydroxyl groups is 5. The van der Waals surface area contributed by atoms with E-state index < -0.39 is 226 Å². The maximum atomic E-state index is 15.1. The van der Waals surface area contributed by atoms with Gasteiger partial charge in [0.1, 0.15) is 75.1 Å². The first-order valence-electron chi connectivity index (χ1n) is 43.0. The van der Waals surface area contributed by atoms with Gasteiger partial charge < -0.3 is 93.4 Å². The number of carboxylic acid groups (broad SMARTS) is 1. The molecule has 0 radical (unpaired) electrons. The highest BCUT2D eigenvalue weighted by Gasteiger charge is 2.77. The predicted octanol–water partition coefficient (Wildman–Crippen LogP) is 9.84. The number of Topliss-reactive ketones (excluding diaryl/α,β-unsaturated/α-hetero) is 2. The molecule has 2 aliphatic heterocycles. The molecule has 2 amide bonds. The van der Waals surface area contributed by atoms with E-state index in [0.29, 0.717) is 16.7 Å². The Hall–Kier alpha value is -11.8. The lowest BCUT2D eigenvalue weighted by Crippen LogP contribution is -2.79. The summed E-state index contributed by atoms with van der Waals surface area (Å²) in [7, 11) is 0. The Labute approximate surface area is 746 Å². The van der Waals surface area contributed by atoms with Crippen molar-refractivity contribution in [2.24, 2.45) is 45.3 Å². The number of carbonyl (C=O) groups excluding carboxylic acids is 11. The standard InChI is InChI=1S/C49H55NO14.C39H46O11.C10H11NO4/c1-27(31-18-12-8-13-19-31)40(62-37(53)24-50-46(58)59-25-30-16-10-7-11-17-30)45(57)61-34-22-33-41(63-44(56)32-20-14-9-15-21-32)42-48(6,43(55)39(54)38(28(34)2)47(33,4)5)35(52)23-36-49(42,26-60-36)64-29(3)51;1-20(23-13-9-7-10-14-23)30(42)36(46)48-26-17-25-32(49-35(45)24-15-11-8-12-16-24)33-38(6,34(44)31(43)29(21(26)2)37(25,4)5)27(41)18-28-39(33,19-47-28)50-22(3)40;12-9(13)6-11-10(14)15-7-8-4-2-1-3-5-8/h7-21,27,33-36,39-42,52,54H,22-26H2,1-6H3,(H,50,58);7-16,20,25-28,30-33,41-43H,17-19H2,1-6H3;1-5H,6-7H2,(H,11,14)(H,12,13)/t27-,33+,34-,35-,36+,39+,40+,41+,42-,48+,49-;20-,25+,26-,27-,28+,30+,31+,32+,33-,38+,39-;/m00./s1. The Kier molecular flexibility index (Phi) is 29.6. The molecule has 2 heterocycles. The van der Waals surface area contributed by atoms with Gasteiger partial charge in [-0.3, -0.25) is 28.8 Å². The van der Waals surface area contributed by atoms with Crippen molar-refractivity contribution >= 4 is 71.5 Å². The van der Waals surface area contributed by atoms with Crippen molar-refractivity contribution in [3.8, 4) is 0 Å². The second-order valence-corrected chi connectivity index (χ2v) is 35.9. The molecule has 688 valence electrons. The van der Waals surface area contributed by atoms with Crippen molar-refractivity contribution in [2.45, 2.75) is 218 Å². The van der Waals surface area contributed by atoms with Crippen molar-refractivity contribution in [1.29, 1.82) is 0 Å². The van der Waals surface area contributed by atoms with E-state index in [0.717, 1.165) is 16.7 Å². The van der Waals surface area contributed by atoms with Crippen LogP contribution in [-0.2, 0) is 104 Å². The molecule has 31 nitrogen and oxygen atoms in total. The summed E-state index contributed by atoms with van der Waals surface area (Å²) in [5.74, 6) is -13.6. The van der Waals surface area contributed by atoms with E-state index in [-0.39, 0.29) is 74.4 Å². The zero-order valence-electron chi connectivity index (χ0n) is 73.9. The topological polar surface area (TPSA) is 452 Å². The van der Waals surface area contributed by atoms with Gasteiger partial charge in [0.25, 0.3) is 0 Å². The minimum Gasteiger partial charge on any atom is -0.480 e. The van der Waals surface area contributed by atoms with Gasteiger partial charge in [-0.2, -0.15) is 0 Å². The average molecular weight is 1780 g/mol. The number of hydrogen-bond acceptors (Lipinski definition) is 28. The summed E-state index contributed by atoms with van der Waals surface area (Å²) in [6.45, 7) is 18.2. The molecule has 4 bridgehead atoms. The first-order chi connectivity index (χ1) is 61.1. The van der Waals surface area contributed by atoms with Crippen molar-refractivity contribution in [3.63, 3.8) is 0 Å². The summed E-state index contributed by atoms with van der Waals surface area (Å²) in [5, 5.41) is 71.8. The lowest BCUT2D eigenvalue weighted by atomic mass is 9.46. The molecule has 0 unspecified atom stereocenters. The Balaban J connectivity index is 0.000000205. The van der Waals surface area contributed by atoms with Crippen LogP contribution in [0.5, 0.6) is 0 Å². The Bertz CT molecular complexity index is 5190. The molecule has 6 fully saturated rings. The monoisotopic (exact) mass is 1780 g/mol. The van der Waals surface area contributed by atoms with E-state index in [1.54, 1.807) is 181 Å². The number of fused-ring (bicyclic) bond motifs is 10. The SMILES string of the molecule is CC(=O)O[C@@]12CO[C@@H]1C[C@H](O)[C@@]1(C)C(=O)[C@H](O)C3=C(C)[C@@H](OC(=O)[C@H](O)[C@@H](C)c4ccccc4)C[C@H]([C@@H](OC(=O)c4ccccc4)[C@H]21)C3(C)C.CC(=O)O[C@@]12CO[C@@H]1C[C@H](O)[C@@]1(C)C(=O)[C@H](O)C3=C(C)[C@@H](OC(=O)[C@H](OC(=O)CNC(=O)OCc4ccccc4)[C@@H](C)c4ccccc4)C[C@H]([C@@H](OC(=O)c4ccccc4)[C@H]21)C3(C)C.O=C(O)CNC(=O)OCc1ccccc1. The van der Waals surface area contributed by atoms with Gasteiger partial charge in [0.2, 0.25) is 6.10 Å². The summed E-state index contributed by atoms with van der Waals surface area (Å²) in [6.07, 6.45) is -17.6. The van der Waals surface area contributed by atoms with Crippen LogP contribution in [0.25, 0.3) is 0 Å². The number of rotatable bonds is 23. The highest BCUT2D eigenvalue weighted by atomic mass is 16.7. The zero-order chi connectivity index (χ0) is 93.6. The van der Waals surface area contributed by atoms with Gasteiger partial charge in [0.05, 0.1) is 59.2 Å². The molecular formula is C98H112N2O29. The van der Waals surface area contributed by atoms with Crippen LogP contribution >= 0.6 is 0 Å². The van der Waals surface area contributed by atoms with Crippen LogP contribution in [0.1, 0.15) is 164 Å². The first-order valence-corrected chi connectivity index (χ1v) is 43.0. The van der Waals surface area contributed by atoms with Gasteiger partial charge in [0, 0.05) is 50.4 Å². The molecule has 6 aliphatic carbocycles. The third kappa shape index (κ3) is 19.6. The van der Waals surface area contributed by atoms with Crippen molar-refractivity contribution < 1.29 is 140 Å². The summed E-state index contributed by atoms with van der Waals surface area (Å²) in [5.41, 5.74) is -4.17. The zero-order valence-corrected chi connectivity index (χ0v) is 73.9. The second-order valence-electron chi connectivity index (χ2n) is 35.9. The molecule has 4 saturated carbocycles. The van der Waals surface area contributed by atoms with Gasteiger partial charge in [-0.15, -0.1) is 0 Å². The molecule has 6 aromatic rings. The quantitative estimate of drug-likeness (QED) is 0.0168. The summed E-state index contributed by atoms with van der Waals surface area (Å²) in [6, 6.07) is 52.5. The van der Waals surface area contributed by atoms with Crippen molar-refractivity contribution in [3.05, 3.63) is 238 Å². The van der Waals surface area contributed by atoms with E-state index in [4.69, 9.17) is 57.2 Å².